The Kier molecular flexibility index (Phi) is 6.36. The molecule has 0 radical (unpaired) electrons. The Labute approximate surface area is 200 Å². The number of carbonyl (C=O) groups excluding carboxylic acids is 1. The summed E-state index contributed by atoms with van der Waals surface area (Å²) in [7, 11) is 0. The molecular formula is C23H16IN3O6. The molecule has 0 fully saturated rings. The zero-order valence-corrected chi connectivity index (χ0v) is 19.4. The molecule has 0 aliphatic rings. The van der Waals surface area contributed by atoms with Crippen molar-refractivity contribution in [1.29, 1.82) is 0 Å². The number of halogens is 1. The number of rotatable bonds is 6. The minimum atomic E-state index is -0.631. The van der Waals surface area contributed by atoms with Crippen LogP contribution < -0.4 is 5.56 Å². The van der Waals surface area contributed by atoms with Crippen molar-refractivity contribution in [3.63, 3.8) is 0 Å². The summed E-state index contributed by atoms with van der Waals surface area (Å²) >= 11 is 2.12. The molecule has 0 saturated carbocycles. The molecule has 2 aromatic heterocycles. The third-order valence-corrected chi connectivity index (χ3v) is 5.35. The predicted molar refractivity (Wildman–Crippen MR) is 130 cm³/mol. The zero-order valence-electron chi connectivity index (χ0n) is 17.2. The number of carbonyl (C=O) groups is 1. The van der Waals surface area contributed by atoms with E-state index in [1.54, 1.807) is 49.4 Å². The quantitative estimate of drug-likeness (QED) is 0.144. The molecule has 2 heterocycles. The molecule has 0 aliphatic heterocycles. The van der Waals surface area contributed by atoms with E-state index in [0.717, 1.165) is 3.57 Å². The maximum Gasteiger partial charge on any atom is 0.433 e. The molecule has 0 atom stereocenters. The molecule has 10 heteroatoms. The molecule has 0 unspecified atom stereocenters. The van der Waals surface area contributed by atoms with Gasteiger partial charge >= 0.3 is 11.9 Å². The summed E-state index contributed by atoms with van der Waals surface area (Å²) < 4.78 is 12.5. The van der Waals surface area contributed by atoms with Crippen molar-refractivity contribution in [3.05, 3.63) is 95.8 Å². The van der Waals surface area contributed by atoms with Crippen molar-refractivity contribution in [2.75, 3.05) is 6.61 Å². The van der Waals surface area contributed by atoms with Crippen LogP contribution in [0.3, 0.4) is 0 Å². The Morgan fingerprint density at radius 1 is 1.18 bits per heavy atom. The number of aromatic nitrogens is 2. The van der Waals surface area contributed by atoms with Crippen LogP contribution in [0.15, 0.2) is 63.8 Å². The van der Waals surface area contributed by atoms with E-state index in [9.17, 15) is 19.7 Å². The molecule has 4 aromatic rings. The fraction of sp³-hybridized carbons (Fsp3) is 0.0870. The molecule has 2 aromatic carbocycles. The summed E-state index contributed by atoms with van der Waals surface area (Å²) in [5.41, 5.74) is 1.06. The smallest absolute Gasteiger partial charge is 0.433 e. The van der Waals surface area contributed by atoms with Crippen molar-refractivity contribution in [2.24, 2.45) is 0 Å². The maximum atomic E-state index is 13.4. The lowest BCUT2D eigenvalue weighted by molar-refractivity contribution is -0.402. The van der Waals surface area contributed by atoms with Crippen LogP contribution in [-0.2, 0) is 4.74 Å². The highest BCUT2D eigenvalue weighted by Crippen LogP contribution is 2.20. The third kappa shape index (κ3) is 4.70. The molecule has 0 N–H and O–H groups in total. The minimum absolute atomic E-state index is 0.239. The highest BCUT2D eigenvalue weighted by atomic mass is 127. The Hall–Kier alpha value is -3.80. The van der Waals surface area contributed by atoms with Gasteiger partial charge in [-0.15, -0.1) is 0 Å². The lowest BCUT2D eigenvalue weighted by atomic mass is 10.2. The standard InChI is InChI=1S/C23H16IN3O6/c1-2-32-23(29)14-3-6-16(7-4-14)26-20(11-8-17-9-12-21(33-17)27(30)31)25-19-10-5-15(24)13-18(19)22(26)28/h3-13H,2H2,1H3/b11-8+. The number of hydrogen-bond acceptors (Lipinski definition) is 7. The first-order valence-corrected chi connectivity index (χ1v) is 10.9. The second-order valence-corrected chi connectivity index (χ2v) is 8.05. The highest BCUT2D eigenvalue weighted by Gasteiger charge is 2.14. The van der Waals surface area contributed by atoms with Gasteiger partial charge in [0.05, 0.1) is 34.8 Å². The van der Waals surface area contributed by atoms with Crippen LogP contribution in [-0.4, -0.2) is 27.1 Å². The maximum absolute atomic E-state index is 13.4. The van der Waals surface area contributed by atoms with Crippen molar-refractivity contribution in [1.82, 2.24) is 9.55 Å². The van der Waals surface area contributed by atoms with Crippen molar-refractivity contribution in [2.45, 2.75) is 6.92 Å². The summed E-state index contributed by atoms with van der Waals surface area (Å²) in [6, 6.07) is 14.4. The summed E-state index contributed by atoms with van der Waals surface area (Å²) in [5, 5.41) is 11.3. The van der Waals surface area contributed by atoms with Gasteiger partial charge in [-0.3, -0.25) is 19.5 Å². The van der Waals surface area contributed by atoms with Crippen LogP contribution >= 0.6 is 22.6 Å². The van der Waals surface area contributed by atoms with Gasteiger partial charge in [0.2, 0.25) is 0 Å². The fourth-order valence-corrected chi connectivity index (χ4v) is 3.68. The minimum Gasteiger partial charge on any atom is -0.462 e. The monoisotopic (exact) mass is 557 g/mol. The Bertz CT molecular complexity index is 1450. The van der Waals surface area contributed by atoms with Crippen LogP contribution in [0, 0.1) is 13.7 Å². The van der Waals surface area contributed by atoms with Crippen molar-refractivity contribution >= 4 is 57.5 Å². The molecule has 166 valence electrons. The van der Waals surface area contributed by atoms with Crippen LogP contribution in [0.2, 0.25) is 0 Å². The first-order chi connectivity index (χ1) is 15.9. The number of nitrogens with zero attached hydrogens (tertiary/aromatic N) is 3. The number of hydrogen-bond donors (Lipinski definition) is 0. The molecule has 4 rings (SSSR count). The van der Waals surface area contributed by atoms with E-state index in [-0.39, 0.29) is 29.6 Å². The molecular weight excluding hydrogens is 541 g/mol. The van der Waals surface area contributed by atoms with E-state index < -0.39 is 10.9 Å². The number of furan rings is 1. The van der Waals surface area contributed by atoms with Crippen LogP contribution in [0.5, 0.6) is 0 Å². The fourth-order valence-electron chi connectivity index (χ4n) is 3.18. The van der Waals surface area contributed by atoms with E-state index in [4.69, 9.17) is 9.15 Å². The van der Waals surface area contributed by atoms with Gasteiger partial charge in [0.1, 0.15) is 16.5 Å². The SMILES string of the molecule is CCOC(=O)c1ccc(-n2c(/C=C/c3ccc([N+](=O)[O-])o3)nc3ccc(I)cc3c2=O)cc1. The van der Waals surface area contributed by atoms with E-state index in [1.165, 1.54) is 22.8 Å². The van der Waals surface area contributed by atoms with Crippen molar-refractivity contribution in [3.8, 4) is 5.69 Å². The second-order valence-electron chi connectivity index (χ2n) is 6.81. The average Bonchev–Trinajstić information content (AvgIpc) is 3.28. The zero-order chi connectivity index (χ0) is 23.5. The summed E-state index contributed by atoms with van der Waals surface area (Å²) in [6.45, 7) is 1.98. The summed E-state index contributed by atoms with van der Waals surface area (Å²) in [5.74, 6) is -0.315. The van der Waals surface area contributed by atoms with Gasteiger partial charge in [-0.25, -0.2) is 9.78 Å². The van der Waals surface area contributed by atoms with Gasteiger partial charge in [0.25, 0.3) is 5.56 Å². The van der Waals surface area contributed by atoms with Gasteiger partial charge in [-0.2, -0.15) is 0 Å². The molecule has 0 amide bonds. The average molecular weight is 557 g/mol. The van der Waals surface area contributed by atoms with E-state index >= 15 is 0 Å². The van der Waals surface area contributed by atoms with E-state index in [2.05, 4.69) is 27.6 Å². The van der Waals surface area contributed by atoms with Crippen LogP contribution in [0.25, 0.3) is 28.7 Å². The number of fused-ring (bicyclic) bond motifs is 1. The van der Waals surface area contributed by atoms with Crippen molar-refractivity contribution < 1.29 is 18.9 Å². The van der Waals surface area contributed by atoms with Gasteiger partial charge in [-0.1, -0.05) is 0 Å². The topological polar surface area (TPSA) is 117 Å². The number of nitro groups is 1. The number of ether oxygens (including phenoxy) is 1. The number of benzene rings is 2. The first kappa shape index (κ1) is 22.4. The molecule has 9 nitrogen and oxygen atoms in total. The highest BCUT2D eigenvalue weighted by molar-refractivity contribution is 14.1. The lowest BCUT2D eigenvalue weighted by Gasteiger charge is -2.12. The molecule has 0 saturated heterocycles. The normalized spacial score (nSPS) is 11.2. The Morgan fingerprint density at radius 3 is 2.61 bits per heavy atom. The molecule has 33 heavy (non-hydrogen) atoms. The first-order valence-electron chi connectivity index (χ1n) is 9.79. The van der Waals surface area contributed by atoms with Gasteiger partial charge in [0, 0.05) is 3.57 Å². The lowest BCUT2D eigenvalue weighted by Crippen LogP contribution is -2.22. The Balaban J connectivity index is 1.84. The van der Waals surface area contributed by atoms with Gasteiger partial charge in [0.15, 0.2) is 0 Å². The van der Waals surface area contributed by atoms with Crippen LogP contribution in [0.4, 0.5) is 5.88 Å². The second kappa shape index (κ2) is 9.36. The van der Waals surface area contributed by atoms with Crippen LogP contribution in [0.1, 0.15) is 28.9 Å². The molecule has 0 bridgehead atoms. The Morgan fingerprint density at radius 2 is 1.94 bits per heavy atom. The summed E-state index contributed by atoms with van der Waals surface area (Å²) in [6.07, 6.45) is 3.04. The van der Waals surface area contributed by atoms with Gasteiger partial charge < -0.3 is 9.15 Å². The number of esters is 1. The third-order valence-electron chi connectivity index (χ3n) is 4.68. The summed E-state index contributed by atoms with van der Waals surface area (Å²) in [4.78, 5) is 40.2. The van der Waals surface area contributed by atoms with Gasteiger partial charge in [-0.05, 0) is 90.2 Å². The molecule has 0 aliphatic carbocycles. The molecule has 0 spiro atoms. The van der Waals surface area contributed by atoms with E-state index in [0.29, 0.717) is 22.2 Å². The van der Waals surface area contributed by atoms with E-state index in [1.807, 2.05) is 6.07 Å². The predicted octanol–water partition coefficient (Wildman–Crippen LogP) is 4.84. The largest absolute Gasteiger partial charge is 0.462 e.